The fraction of sp³-hybridized carbons (Fsp3) is 0.500. The number of amides is 1. The molecular formula is C14H21NO2. The van der Waals surface area contributed by atoms with Crippen molar-refractivity contribution in [2.75, 3.05) is 6.54 Å². The SMILES string of the molecule is Cc1ccc(C(O)CNC(=O)C(C)C)cc1C. The van der Waals surface area contributed by atoms with Gasteiger partial charge in [0.1, 0.15) is 0 Å². The summed E-state index contributed by atoms with van der Waals surface area (Å²) < 4.78 is 0. The van der Waals surface area contributed by atoms with Crippen molar-refractivity contribution in [3.63, 3.8) is 0 Å². The van der Waals surface area contributed by atoms with Crippen molar-refractivity contribution in [3.8, 4) is 0 Å². The van der Waals surface area contributed by atoms with Crippen molar-refractivity contribution in [2.24, 2.45) is 5.92 Å². The molecule has 0 spiro atoms. The van der Waals surface area contributed by atoms with E-state index in [1.165, 1.54) is 5.56 Å². The third kappa shape index (κ3) is 3.86. The lowest BCUT2D eigenvalue weighted by Crippen LogP contribution is -2.31. The third-order valence-electron chi connectivity index (χ3n) is 2.91. The summed E-state index contributed by atoms with van der Waals surface area (Å²) >= 11 is 0. The molecule has 1 amide bonds. The normalized spacial score (nSPS) is 12.6. The lowest BCUT2D eigenvalue weighted by atomic mass is 10.0. The Labute approximate surface area is 103 Å². The predicted molar refractivity (Wildman–Crippen MR) is 68.7 cm³/mol. The molecule has 1 aromatic rings. The molecular weight excluding hydrogens is 214 g/mol. The second-order valence-electron chi connectivity index (χ2n) is 4.76. The molecule has 0 radical (unpaired) electrons. The molecule has 0 saturated heterocycles. The van der Waals surface area contributed by atoms with E-state index >= 15 is 0 Å². The largest absolute Gasteiger partial charge is 0.387 e. The Kier molecular flexibility index (Phi) is 4.70. The number of carbonyl (C=O) groups excluding carboxylic acids is 1. The van der Waals surface area contributed by atoms with Gasteiger partial charge in [0.05, 0.1) is 6.10 Å². The quantitative estimate of drug-likeness (QED) is 0.839. The van der Waals surface area contributed by atoms with E-state index in [1.54, 1.807) is 0 Å². The van der Waals surface area contributed by atoms with E-state index in [1.807, 2.05) is 45.9 Å². The topological polar surface area (TPSA) is 49.3 Å². The standard InChI is InChI=1S/C14H21NO2/c1-9(2)14(17)15-8-13(16)12-6-5-10(3)11(4)7-12/h5-7,9,13,16H,8H2,1-4H3,(H,15,17). The maximum atomic E-state index is 11.4. The van der Waals surface area contributed by atoms with Gasteiger partial charge in [0, 0.05) is 12.5 Å². The van der Waals surface area contributed by atoms with Gasteiger partial charge in [0.15, 0.2) is 0 Å². The number of hydrogen-bond acceptors (Lipinski definition) is 2. The molecule has 0 aliphatic rings. The molecule has 1 aromatic carbocycles. The van der Waals surface area contributed by atoms with E-state index < -0.39 is 6.10 Å². The van der Waals surface area contributed by atoms with Gasteiger partial charge < -0.3 is 10.4 Å². The van der Waals surface area contributed by atoms with Crippen molar-refractivity contribution in [2.45, 2.75) is 33.8 Å². The smallest absolute Gasteiger partial charge is 0.222 e. The van der Waals surface area contributed by atoms with Gasteiger partial charge >= 0.3 is 0 Å². The summed E-state index contributed by atoms with van der Waals surface area (Å²) in [4.78, 5) is 11.4. The summed E-state index contributed by atoms with van der Waals surface area (Å²) in [5, 5.41) is 12.7. The van der Waals surface area contributed by atoms with Crippen molar-refractivity contribution in [3.05, 3.63) is 34.9 Å². The van der Waals surface area contributed by atoms with Crippen molar-refractivity contribution < 1.29 is 9.90 Å². The van der Waals surface area contributed by atoms with Crippen LogP contribution in [0.25, 0.3) is 0 Å². The first-order valence-corrected chi connectivity index (χ1v) is 5.94. The Bertz CT molecular complexity index is 399. The molecule has 0 fully saturated rings. The molecule has 17 heavy (non-hydrogen) atoms. The first kappa shape index (κ1) is 13.7. The van der Waals surface area contributed by atoms with Crippen LogP contribution in [0.2, 0.25) is 0 Å². The molecule has 94 valence electrons. The van der Waals surface area contributed by atoms with Crippen LogP contribution in [0.4, 0.5) is 0 Å². The van der Waals surface area contributed by atoms with Crippen LogP contribution in [0.15, 0.2) is 18.2 Å². The molecule has 3 nitrogen and oxygen atoms in total. The second kappa shape index (κ2) is 5.82. The van der Waals surface area contributed by atoms with Crippen LogP contribution in [-0.4, -0.2) is 17.6 Å². The van der Waals surface area contributed by atoms with Crippen LogP contribution >= 0.6 is 0 Å². The Balaban J connectivity index is 2.61. The van der Waals surface area contributed by atoms with Crippen LogP contribution < -0.4 is 5.32 Å². The minimum absolute atomic E-state index is 0.0344. The maximum absolute atomic E-state index is 11.4. The molecule has 1 rings (SSSR count). The summed E-state index contributed by atoms with van der Waals surface area (Å²) in [5.41, 5.74) is 3.20. The van der Waals surface area contributed by atoms with E-state index in [-0.39, 0.29) is 18.4 Å². The number of nitrogens with one attached hydrogen (secondary N) is 1. The fourth-order valence-corrected chi connectivity index (χ4v) is 1.49. The highest BCUT2D eigenvalue weighted by atomic mass is 16.3. The van der Waals surface area contributed by atoms with Crippen LogP contribution in [0.5, 0.6) is 0 Å². The number of aryl methyl sites for hydroxylation is 2. The summed E-state index contributed by atoms with van der Waals surface area (Å²) in [6, 6.07) is 5.84. The Morgan fingerprint density at radius 2 is 1.94 bits per heavy atom. The van der Waals surface area contributed by atoms with Crippen molar-refractivity contribution in [1.82, 2.24) is 5.32 Å². The molecule has 0 bridgehead atoms. The number of carbonyl (C=O) groups is 1. The highest BCUT2D eigenvalue weighted by Crippen LogP contribution is 2.16. The first-order chi connectivity index (χ1) is 7.91. The highest BCUT2D eigenvalue weighted by Gasteiger charge is 2.11. The van der Waals surface area contributed by atoms with Crippen molar-refractivity contribution in [1.29, 1.82) is 0 Å². The molecule has 0 saturated carbocycles. The van der Waals surface area contributed by atoms with E-state index in [9.17, 15) is 9.90 Å². The minimum Gasteiger partial charge on any atom is -0.387 e. The summed E-state index contributed by atoms with van der Waals surface area (Å²) in [5.74, 6) is -0.0881. The fourth-order valence-electron chi connectivity index (χ4n) is 1.49. The minimum atomic E-state index is -0.642. The molecule has 1 unspecified atom stereocenters. The molecule has 0 aromatic heterocycles. The van der Waals surface area contributed by atoms with Crippen LogP contribution in [0, 0.1) is 19.8 Å². The van der Waals surface area contributed by atoms with Crippen LogP contribution in [0.1, 0.15) is 36.6 Å². The third-order valence-corrected chi connectivity index (χ3v) is 2.91. The molecule has 2 N–H and O–H groups in total. The number of aliphatic hydroxyl groups excluding tert-OH is 1. The Morgan fingerprint density at radius 3 is 2.47 bits per heavy atom. The zero-order valence-corrected chi connectivity index (χ0v) is 10.9. The summed E-state index contributed by atoms with van der Waals surface area (Å²) in [7, 11) is 0. The highest BCUT2D eigenvalue weighted by molar-refractivity contribution is 5.77. The first-order valence-electron chi connectivity index (χ1n) is 5.94. The van der Waals surface area contributed by atoms with Gasteiger partial charge in [-0.1, -0.05) is 32.0 Å². The van der Waals surface area contributed by atoms with Gasteiger partial charge in [-0.2, -0.15) is 0 Å². The average Bonchev–Trinajstić information content (AvgIpc) is 2.28. The van der Waals surface area contributed by atoms with Crippen LogP contribution in [-0.2, 0) is 4.79 Å². The summed E-state index contributed by atoms with van der Waals surface area (Å²) in [6.45, 7) is 7.97. The summed E-state index contributed by atoms with van der Waals surface area (Å²) in [6.07, 6.45) is -0.642. The van der Waals surface area contributed by atoms with E-state index in [0.29, 0.717) is 0 Å². The van der Waals surface area contributed by atoms with E-state index in [4.69, 9.17) is 0 Å². The average molecular weight is 235 g/mol. The lowest BCUT2D eigenvalue weighted by Gasteiger charge is -2.14. The van der Waals surface area contributed by atoms with Gasteiger partial charge in [0.2, 0.25) is 5.91 Å². The van der Waals surface area contributed by atoms with E-state index in [2.05, 4.69) is 5.32 Å². The zero-order valence-electron chi connectivity index (χ0n) is 10.9. The second-order valence-corrected chi connectivity index (χ2v) is 4.76. The number of benzene rings is 1. The molecule has 1 atom stereocenters. The predicted octanol–water partition coefficient (Wildman–Crippen LogP) is 2.11. The molecule has 0 aliphatic heterocycles. The maximum Gasteiger partial charge on any atom is 0.222 e. The molecule has 3 heteroatoms. The monoisotopic (exact) mass is 235 g/mol. The number of rotatable bonds is 4. The van der Waals surface area contributed by atoms with Gasteiger partial charge in [-0.3, -0.25) is 4.79 Å². The van der Waals surface area contributed by atoms with Gasteiger partial charge in [-0.05, 0) is 30.5 Å². The van der Waals surface area contributed by atoms with Crippen molar-refractivity contribution >= 4 is 5.91 Å². The number of hydrogen-bond donors (Lipinski definition) is 2. The van der Waals surface area contributed by atoms with E-state index in [0.717, 1.165) is 11.1 Å². The molecule has 0 aliphatic carbocycles. The number of aliphatic hydroxyl groups is 1. The zero-order chi connectivity index (χ0) is 13.0. The van der Waals surface area contributed by atoms with Gasteiger partial charge in [0.25, 0.3) is 0 Å². The Morgan fingerprint density at radius 1 is 1.29 bits per heavy atom. The molecule has 0 heterocycles. The lowest BCUT2D eigenvalue weighted by molar-refractivity contribution is -0.124. The van der Waals surface area contributed by atoms with Gasteiger partial charge in [-0.15, -0.1) is 0 Å². The Hall–Kier alpha value is -1.35. The van der Waals surface area contributed by atoms with Crippen LogP contribution in [0.3, 0.4) is 0 Å². The van der Waals surface area contributed by atoms with Gasteiger partial charge in [-0.25, -0.2) is 0 Å².